The van der Waals surface area contributed by atoms with E-state index in [1.807, 2.05) is 6.92 Å². The molecule has 2 rings (SSSR count). The number of rotatable bonds is 3. The van der Waals surface area contributed by atoms with E-state index in [1.54, 1.807) is 0 Å². The van der Waals surface area contributed by atoms with Crippen LogP contribution in [0.3, 0.4) is 0 Å². The summed E-state index contributed by atoms with van der Waals surface area (Å²) in [4.78, 5) is 7.83. The molecule has 1 unspecified atom stereocenters. The van der Waals surface area contributed by atoms with Crippen LogP contribution in [0.5, 0.6) is 0 Å². The van der Waals surface area contributed by atoms with Crippen molar-refractivity contribution in [2.45, 2.75) is 45.1 Å². The van der Waals surface area contributed by atoms with Gasteiger partial charge in [-0.25, -0.2) is 9.38 Å². The summed E-state index contributed by atoms with van der Waals surface area (Å²) in [6, 6.07) is -0.330. The van der Waals surface area contributed by atoms with Gasteiger partial charge in [0.1, 0.15) is 12.4 Å². The van der Waals surface area contributed by atoms with Gasteiger partial charge in [0.05, 0.1) is 18.8 Å². The maximum absolute atomic E-state index is 13.8. The highest BCUT2D eigenvalue weighted by Crippen LogP contribution is 2.20. The highest BCUT2D eigenvalue weighted by atomic mass is 19.1. The summed E-state index contributed by atoms with van der Waals surface area (Å²) >= 11 is 0. The summed E-state index contributed by atoms with van der Waals surface area (Å²) in [5.74, 6) is 0.416. The molecule has 0 aromatic heterocycles. The fraction of sp³-hybridized carbons (Fsp3) is 0.714. The first-order valence-corrected chi connectivity index (χ1v) is 6.82. The largest absolute Gasteiger partial charge is 0.375 e. The zero-order valence-corrected chi connectivity index (χ0v) is 11.7. The maximum Gasteiger partial charge on any atom is 0.161 e. The number of nitrogens with one attached hydrogen (secondary N) is 1. The lowest BCUT2D eigenvalue weighted by Crippen LogP contribution is -2.49. The molecule has 2 aliphatic rings. The number of alkyl halides is 1. The van der Waals surface area contributed by atoms with Crippen molar-refractivity contribution < 1.29 is 9.13 Å². The van der Waals surface area contributed by atoms with Crippen LogP contribution in [0.4, 0.5) is 4.39 Å². The third-order valence-corrected chi connectivity index (χ3v) is 3.54. The Morgan fingerprint density at radius 3 is 3.00 bits per heavy atom. The minimum atomic E-state index is -1.14. The van der Waals surface area contributed by atoms with Crippen LogP contribution in [0.15, 0.2) is 21.6 Å². The van der Waals surface area contributed by atoms with Crippen molar-refractivity contribution in [1.82, 2.24) is 5.32 Å². The van der Waals surface area contributed by atoms with E-state index in [4.69, 9.17) is 4.74 Å². The molecule has 0 saturated carbocycles. The molecular formula is C14H22FN3O. The molecule has 2 heterocycles. The Morgan fingerprint density at radius 2 is 2.32 bits per heavy atom. The number of hydrogen-bond donors (Lipinski definition) is 1. The number of nitrogens with zero attached hydrogens (tertiary/aromatic N) is 2. The Morgan fingerprint density at radius 1 is 1.53 bits per heavy atom. The maximum atomic E-state index is 13.8. The fourth-order valence-electron chi connectivity index (χ4n) is 2.55. The molecule has 106 valence electrons. The third-order valence-electron chi connectivity index (χ3n) is 3.54. The van der Waals surface area contributed by atoms with Gasteiger partial charge >= 0.3 is 0 Å². The SMILES string of the molecule is C/C(=C\C1NCCO[C@@H]1C(C)C)[C@@H]1N=CN=C[C@H]1F. The molecule has 0 aromatic carbocycles. The molecule has 0 radical (unpaired) electrons. The van der Waals surface area contributed by atoms with E-state index < -0.39 is 12.2 Å². The predicted octanol–water partition coefficient (Wildman–Crippen LogP) is 1.77. The molecule has 1 fully saturated rings. The second-order valence-electron chi connectivity index (χ2n) is 5.42. The van der Waals surface area contributed by atoms with E-state index in [1.165, 1.54) is 12.6 Å². The summed E-state index contributed by atoms with van der Waals surface area (Å²) in [5, 5.41) is 3.43. The number of morpholine rings is 1. The van der Waals surface area contributed by atoms with Gasteiger partial charge in [-0.2, -0.15) is 0 Å². The van der Waals surface area contributed by atoms with Crippen LogP contribution >= 0.6 is 0 Å². The van der Waals surface area contributed by atoms with Crippen LogP contribution in [0, 0.1) is 5.92 Å². The quantitative estimate of drug-likeness (QED) is 0.792. The number of ether oxygens (including phenoxy) is 1. The molecule has 4 nitrogen and oxygen atoms in total. The molecule has 0 amide bonds. The molecule has 0 bridgehead atoms. The first-order valence-electron chi connectivity index (χ1n) is 6.82. The van der Waals surface area contributed by atoms with Crippen LogP contribution in [0.25, 0.3) is 0 Å². The lowest BCUT2D eigenvalue weighted by molar-refractivity contribution is -0.0188. The zero-order chi connectivity index (χ0) is 13.8. The first-order chi connectivity index (χ1) is 9.09. The van der Waals surface area contributed by atoms with Gasteiger partial charge in [-0.3, -0.25) is 4.99 Å². The van der Waals surface area contributed by atoms with E-state index in [-0.39, 0.29) is 12.1 Å². The lowest BCUT2D eigenvalue weighted by atomic mass is 9.94. The summed E-state index contributed by atoms with van der Waals surface area (Å²) in [6.45, 7) is 7.74. The monoisotopic (exact) mass is 267 g/mol. The molecule has 1 saturated heterocycles. The Balaban J connectivity index is 2.09. The number of halogens is 1. The minimum absolute atomic E-state index is 0.120. The molecule has 4 atom stereocenters. The van der Waals surface area contributed by atoms with Crippen LogP contribution in [0.2, 0.25) is 0 Å². The van der Waals surface area contributed by atoms with Crippen molar-refractivity contribution in [3.8, 4) is 0 Å². The van der Waals surface area contributed by atoms with Gasteiger partial charge < -0.3 is 10.1 Å². The highest BCUT2D eigenvalue weighted by molar-refractivity contribution is 5.79. The topological polar surface area (TPSA) is 46.0 Å². The fourth-order valence-corrected chi connectivity index (χ4v) is 2.55. The van der Waals surface area contributed by atoms with E-state index in [0.29, 0.717) is 5.92 Å². The van der Waals surface area contributed by atoms with Crippen molar-refractivity contribution in [3.63, 3.8) is 0 Å². The summed E-state index contributed by atoms with van der Waals surface area (Å²) < 4.78 is 19.6. The lowest BCUT2D eigenvalue weighted by Gasteiger charge is -2.34. The van der Waals surface area contributed by atoms with Crippen molar-refractivity contribution in [2.75, 3.05) is 13.2 Å². The highest BCUT2D eigenvalue weighted by Gasteiger charge is 2.29. The van der Waals surface area contributed by atoms with E-state index in [0.717, 1.165) is 18.7 Å². The van der Waals surface area contributed by atoms with Gasteiger partial charge in [-0.05, 0) is 18.4 Å². The van der Waals surface area contributed by atoms with E-state index >= 15 is 0 Å². The molecule has 1 N–H and O–H groups in total. The van der Waals surface area contributed by atoms with Gasteiger partial charge in [0.2, 0.25) is 0 Å². The van der Waals surface area contributed by atoms with Crippen LogP contribution in [0.1, 0.15) is 20.8 Å². The van der Waals surface area contributed by atoms with Crippen molar-refractivity contribution in [2.24, 2.45) is 15.9 Å². The Kier molecular flexibility index (Phi) is 4.82. The van der Waals surface area contributed by atoms with E-state index in [9.17, 15) is 4.39 Å². The van der Waals surface area contributed by atoms with Gasteiger partial charge in [-0.1, -0.05) is 19.9 Å². The molecule has 0 aliphatic carbocycles. The van der Waals surface area contributed by atoms with Crippen molar-refractivity contribution in [1.29, 1.82) is 0 Å². The second kappa shape index (κ2) is 6.39. The normalized spacial score (nSPS) is 35.9. The Bertz CT molecular complexity index is 392. The van der Waals surface area contributed by atoms with Crippen molar-refractivity contribution >= 4 is 12.6 Å². The standard InChI is InChI=1S/C14H22FN3O/c1-9(2)14-12(17-4-5-19-14)6-10(3)13-11(15)7-16-8-18-13/h6-9,11-14,17H,4-5H2,1-3H3/b10-6+/t11-,12?,13+,14-/m1/s1. The van der Waals surface area contributed by atoms with Crippen molar-refractivity contribution in [3.05, 3.63) is 11.6 Å². The van der Waals surface area contributed by atoms with Crippen LogP contribution in [-0.2, 0) is 4.74 Å². The van der Waals surface area contributed by atoms with Crippen LogP contribution in [-0.4, -0.2) is 50.1 Å². The number of aliphatic imine (C=N–C) groups is 2. The van der Waals surface area contributed by atoms with Gasteiger partial charge in [-0.15, -0.1) is 0 Å². The molecule has 0 aromatic rings. The Labute approximate surface area is 113 Å². The first kappa shape index (κ1) is 14.3. The molecular weight excluding hydrogens is 245 g/mol. The zero-order valence-electron chi connectivity index (χ0n) is 11.7. The summed E-state index contributed by atoms with van der Waals surface area (Å²) in [7, 11) is 0. The van der Waals surface area contributed by atoms with Crippen LogP contribution < -0.4 is 5.32 Å². The van der Waals surface area contributed by atoms with E-state index in [2.05, 4.69) is 35.2 Å². The minimum Gasteiger partial charge on any atom is -0.375 e. The summed E-state index contributed by atoms with van der Waals surface area (Å²) in [5.41, 5.74) is 0.920. The molecule has 0 spiro atoms. The average molecular weight is 267 g/mol. The third kappa shape index (κ3) is 3.48. The predicted molar refractivity (Wildman–Crippen MR) is 75.8 cm³/mol. The van der Waals surface area contributed by atoms with Gasteiger partial charge in [0.25, 0.3) is 0 Å². The average Bonchev–Trinajstić information content (AvgIpc) is 2.39. The summed E-state index contributed by atoms with van der Waals surface area (Å²) in [6.07, 6.45) is 3.77. The Hall–Kier alpha value is -1.07. The van der Waals surface area contributed by atoms with Gasteiger partial charge in [0.15, 0.2) is 6.17 Å². The molecule has 19 heavy (non-hydrogen) atoms. The smallest absolute Gasteiger partial charge is 0.161 e. The van der Waals surface area contributed by atoms with Gasteiger partial charge in [0, 0.05) is 12.8 Å². The molecule has 5 heteroatoms. The molecule has 2 aliphatic heterocycles. The number of hydrogen-bond acceptors (Lipinski definition) is 4. The second-order valence-corrected chi connectivity index (χ2v) is 5.42.